The zero-order chi connectivity index (χ0) is 13.4. The van der Waals surface area contributed by atoms with Crippen LogP contribution >= 0.6 is 11.8 Å². The van der Waals surface area contributed by atoms with Crippen LogP contribution in [-0.4, -0.2) is 35.0 Å². The highest BCUT2D eigenvalue weighted by Crippen LogP contribution is 2.25. The van der Waals surface area contributed by atoms with Gasteiger partial charge in [-0.2, -0.15) is 11.8 Å². The van der Waals surface area contributed by atoms with Crippen molar-refractivity contribution in [2.45, 2.75) is 39.0 Å². The monoisotopic (exact) mass is 273 g/mol. The molecule has 0 bridgehead atoms. The summed E-state index contributed by atoms with van der Waals surface area (Å²) in [6, 6.07) is 0. The predicted octanol–water partition coefficient (Wildman–Crippen LogP) is 2.14. The lowest BCUT2D eigenvalue weighted by Crippen LogP contribution is -2.34. The van der Waals surface area contributed by atoms with Crippen molar-refractivity contribution in [2.75, 3.05) is 18.1 Å². The molecule has 0 saturated carbocycles. The SMILES string of the molecule is CCCC(CNC(=O)CC1CCSCC1)C(=O)O. The minimum atomic E-state index is -0.814. The van der Waals surface area contributed by atoms with Gasteiger partial charge in [0.1, 0.15) is 0 Å². The largest absolute Gasteiger partial charge is 0.481 e. The van der Waals surface area contributed by atoms with Crippen molar-refractivity contribution in [3.63, 3.8) is 0 Å². The van der Waals surface area contributed by atoms with Gasteiger partial charge < -0.3 is 10.4 Å². The van der Waals surface area contributed by atoms with E-state index in [2.05, 4.69) is 5.32 Å². The number of hydrogen-bond donors (Lipinski definition) is 2. The molecule has 1 fully saturated rings. The standard InChI is InChI=1S/C13H23NO3S/c1-2-3-11(13(16)17)9-14-12(15)8-10-4-6-18-7-5-10/h10-11H,2-9H2,1H3,(H,14,15)(H,16,17). The first-order chi connectivity index (χ1) is 8.63. The fraction of sp³-hybridized carbons (Fsp3) is 0.846. The van der Waals surface area contributed by atoms with Gasteiger partial charge >= 0.3 is 5.97 Å². The molecule has 1 aliphatic rings. The maximum absolute atomic E-state index is 11.7. The summed E-state index contributed by atoms with van der Waals surface area (Å²) < 4.78 is 0. The summed E-state index contributed by atoms with van der Waals surface area (Å²) in [6.45, 7) is 2.22. The van der Waals surface area contributed by atoms with Gasteiger partial charge in [0.25, 0.3) is 0 Å². The maximum atomic E-state index is 11.7. The lowest BCUT2D eigenvalue weighted by atomic mass is 9.98. The van der Waals surface area contributed by atoms with Crippen LogP contribution in [0.1, 0.15) is 39.0 Å². The molecule has 104 valence electrons. The van der Waals surface area contributed by atoms with Crippen molar-refractivity contribution in [3.05, 3.63) is 0 Å². The Kier molecular flexibility index (Phi) is 7.16. The molecular formula is C13H23NO3S. The van der Waals surface area contributed by atoms with Gasteiger partial charge in [-0.15, -0.1) is 0 Å². The smallest absolute Gasteiger partial charge is 0.308 e. The number of aliphatic carboxylic acids is 1. The number of nitrogens with one attached hydrogen (secondary N) is 1. The molecule has 5 heteroatoms. The Labute approximate surface area is 113 Å². The second-order valence-electron chi connectivity index (χ2n) is 4.89. The van der Waals surface area contributed by atoms with Crippen LogP contribution in [0.2, 0.25) is 0 Å². The van der Waals surface area contributed by atoms with E-state index in [1.807, 2.05) is 18.7 Å². The second-order valence-corrected chi connectivity index (χ2v) is 6.11. The molecule has 1 atom stereocenters. The van der Waals surface area contributed by atoms with Crippen LogP contribution in [0.15, 0.2) is 0 Å². The van der Waals surface area contributed by atoms with Gasteiger partial charge in [-0.05, 0) is 36.7 Å². The summed E-state index contributed by atoms with van der Waals surface area (Å²) in [4.78, 5) is 22.7. The highest BCUT2D eigenvalue weighted by Gasteiger charge is 2.20. The Hall–Kier alpha value is -0.710. The number of carboxylic acids is 1. The van der Waals surface area contributed by atoms with Crippen LogP contribution in [-0.2, 0) is 9.59 Å². The number of rotatable bonds is 7. The first kappa shape index (κ1) is 15.3. The van der Waals surface area contributed by atoms with Gasteiger partial charge in [0.05, 0.1) is 5.92 Å². The average molecular weight is 273 g/mol. The summed E-state index contributed by atoms with van der Waals surface area (Å²) in [5.41, 5.74) is 0. The first-order valence-electron chi connectivity index (χ1n) is 6.70. The molecule has 0 aromatic heterocycles. The quantitative estimate of drug-likeness (QED) is 0.746. The highest BCUT2D eigenvalue weighted by atomic mass is 32.2. The van der Waals surface area contributed by atoms with Crippen LogP contribution < -0.4 is 5.32 Å². The molecule has 0 aromatic rings. The topological polar surface area (TPSA) is 66.4 Å². The van der Waals surface area contributed by atoms with Crippen molar-refractivity contribution in [1.82, 2.24) is 5.32 Å². The van der Waals surface area contributed by atoms with Crippen LogP contribution in [0.3, 0.4) is 0 Å². The molecule has 4 nitrogen and oxygen atoms in total. The molecule has 0 radical (unpaired) electrons. The molecule has 0 spiro atoms. The maximum Gasteiger partial charge on any atom is 0.308 e. The van der Waals surface area contributed by atoms with Crippen LogP contribution in [0.4, 0.5) is 0 Å². The second kappa shape index (κ2) is 8.40. The summed E-state index contributed by atoms with van der Waals surface area (Å²) in [6.07, 6.45) is 4.21. The molecular weight excluding hydrogens is 250 g/mol. The van der Waals surface area contributed by atoms with Crippen molar-refractivity contribution in [1.29, 1.82) is 0 Å². The zero-order valence-corrected chi connectivity index (χ0v) is 11.8. The molecule has 1 unspecified atom stereocenters. The Balaban J connectivity index is 2.24. The number of amides is 1. The minimum Gasteiger partial charge on any atom is -0.481 e. The number of carbonyl (C=O) groups is 2. The van der Waals surface area contributed by atoms with Gasteiger partial charge in [0, 0.05) is 13.0 Å². The van der Waals surface area contributed by atoms with Crippen molar-refractivity contribution in [3.8, 4) is 0 Å². The fourth-order valence-electron chi connectivity index (χ4n) is 2.18. The van der Waals surface area contributed by atoms with Gasteiger partial charge in [-0.1, -0.05) is 13.3 Å². The van der Waals surface area contributed by atoms with E-state index < -0.39 is 11.9 Å². The third kappa shape index (κ3) is 5.76. The third-order valence-electron chi connectivity index (χ3n) is 3.35. The lowest BCUT2D eigenvalue weighted by Gasteiger charge is -2.21. The lowest BCUT2D eigenvalue weighted by molar-refractivity contribution is -0.141. The molecule has 2 N–H and O–H groups in total. The molecule has 1 heterocycles. The zero-order valence-electron chi connectivity index (χ0n) is 11.0. The Morgan fingerprint density at radius 3 is 2.61 bits per heavy atom. The van der Waals surface area contributed by atoms with E-state index in [1.54, 1.807) is 0 Å². The van der Waals surface area contributed by atoms with Gasteiger partial charge in [0.15, 0.2) is 0 Å². The molecule has 1 aliphatic heterocycles. The third-order valence-corrected chi connectivity index (χ3v) is 4.40. The van der Waals surface area contributed by atoms with Crippen molar-refractivity contribution < 1.29 is 14.7 Å². The van der Waals surface area contributed by atoms with E-state index in [-0.39, 0.29) is 12.5 Å². The van der Waals surface area contributed by atoms with Gasteiger partial charge in [-0.3, -0.25) is 9.59 Å². The number of carboxylic acid groups (broad SMARTS) is 1. The van der Waals surface area contributed by atoms with E-state index in [4.69, 9.17) is 5.11 Å². The van der Waals surface area contributed by atoms with E-state index >= 15 is 0 Å². The number of thioether (sulfide) groups is 1. The minimum absolute atomic E-state index is 0.00857. The molecule has 0 aliphatic carbocycles. The first-order valence-corrected chi connectivity index (χ1v) is 7.86. The van der Waals surface area contributed by atoms with E-state index in [9.17, 15) is 9.59 Å². The van der Waals surface area contributed by atoms with E-state index in [0.717, 1.165) is 30.8 Å². The molecule has 1 saturated heterocycles. The summed E-state index contributed by atoms with van der Waals surface area (Å²) >= 11 is 1.95. The molecule has 1 amide bonds. The number of hydrogen-bond acceptors (Lipinski definition) is 3. The van der Waals surface area contributed by atoms with Crippen LogP contribution in [0.5, 0.6) is 0 Å². The van der Waals surface area contributed by atoms with Crippen LogP contribution in [0.25, 0.3) is 0 Å². The van der Waals surface area contributed by atoms with Crippen molar-refractivity contribution in [2.24, 2.45) is 11.8 Å². The van der Waals surface area contributed by atoms with E-state index in [1.165, 1.54) is 0 Å². The van der Waals surface area contributed by atoms with Crippen molar-refractivity contribution >= 4 is 23.6 Å². The molecule has 0 aromatic carbocycles. The summed E-state index contributed by atoms with van der Waals surface area (Å²) in [5, 5.41) is 11.8. The normalized spacial score (nSPS) is 18.3. The fourth-order valence-corrected chi connectivity index (χ4v) is 3.39. The Bertz CT molecular complexity index is 277. The summed E-state index contributed by atoms with van der Waals surface area (Å²) in [5.74, 6) is 1.53. The van der Waals surface area contributed by atoms with Gasteiger partial charge in [0.2, 0.25) is 5.91 Å². The Morgan fingerprint density at radius 2 is 2.06 bits per heavy atom. The average Bonchev–Trinajstić information content (AvgIpc) is 2.35. The predicted molar refractivity (Wildman–Crippen MR) is 73.7 cm³/mol. The van der Waals surface area contributed by atoms with Gasteiger partial charge in [-0.25, -0.2) is 0 Å². The summed E-state index contributed by atoms with van der Waals surface area (Å²) in [7, 11) is 0. The Morgan fingerprint density at radius 1 is 1.39 bits per heavy atom. The number of carbonyl (C=O) groups excluding carboxylic acids is 1. The molecule has 1 rings (SSSR count). The molecule has 18 heavy (non-hydrogen) atoms. The van der Waals surface area contributed by atoms with Crippen LogP contribution in [0, 0.1) is 11.8 Å². The highest BCUT2D eigenvalue weighted by molar-refractivity contribution is 7.99. The van der Waals surface area contributed by atoms with E-state index in [0.29, 0.717) is 18.8 Å².